The molecule has 3 aromatic carbocycles. The number of fused-ring (bicyclic) bond motifs is 1. The molecular weight excluding hydrogens is 432 g/mol. The first-order valence-electron chi connectivity index (χ1n) is 9.53. The Labute approximate surface area is 185 Å². The summed E-state index contributed by atoms with van der Waals surface area (Å²) < 4.78 is 5.00. The number of non-ortho nitro benzene ring substituents is 1. The summed E-state index contributed by atoms with van der Waals surface area (Å²) in [6.45, 7) is -0.663. The fourth-order valence-corrected chi connectivity index (χ4v) is 3.29. The lowest BCUT2D eigenvalue weighted by Crippen LogP contribution is -2.29. The molecular formula is C23H14N2O8. The van der Waals surface area contributed by atoms with Crippen LogP contribution in [-0.4, -0.2) is 40.2 Å². The molecule has 0 spiro atoms. The first kappa shape index (κ1) is 21.4. The Kier molecular flexibility index (Phi) is 5.41. The Balaban J connectivity index is 1.49. The van der Waals surface area contributed by atoms with Crippen LogP contribution < -0.4 is 4.90 Å². The van der Waals surface area contributed by atoms with Crippen LogP contribution in [0.5, 0.6) is 5.75 Å². The fraction of sp³-hybridized carbons (Fsp3) is 0.0435. The number of phenolic OH excluding ortho intramolecular Hbond substituents is 1. The third-order valence-electron chi connectivity index (χ3n) is 4.94. The molecule has 33 heavy (non-hydrogen) atoms. The smallest absolute Gasteiger partial charge is 0.338 e. The average molecular weight is 446 g/mol. The molecule has 0 unspecified atom stereocenters. The number of Topliss-reactive ketones (excluding diaryl/α,β-unsaturated/α-hetero) is 1. The van der Waals surface area contributed by atoms with Crippen molar-refractivity contribution >= 4 is 34.9 Å². The number of nitro groups is 1. The zero-order valence-electron chi connectivity index (χ0n) is 16.8. The number of aromatic hydroxyl groups is 1. The maximum Gasteiger partial charge on any atom is 0.338 e. The summed E-state index contributed by atoms with van der Waals surface area (Å²) in [4.78, 5) is 61.2. The van der Waals surface area contributed by atoms with E-state index in [4.69, 9.17) is 4.74 Å². The molecule has 10 heteroatoms. The first-order chi connectivity index (χ1) is 15.8. The maximum atomic E-state index is 12.8. The van der Waals surface area contributed by atoms with Crippen molar-refractivity contribution in [2.24, 2.45) is 0 Å². The summed E-state index contributed by atoms with van der Waals surface area (Å²) in [5.74, 6) is -2.80. The van der Waals surface area contributed by atoms with Gasteiger partial charge >= 0.3 is 5.97 Å². The van der Waals surface area contributed by atoms with Crippen LogP contribution in [0.4, 0.5) is 11.4 Å². The van der Waals surface area contributed by atoms with E-state index in [0.717, 1.165) is 11.0 Å². The lowest BCUT2D eigenvalue weighted by Gasteiger charge is -2.13. The SMILES string of the molecule is O=C(COC(=O)c1ccc2c(c1)C(=O)N(c1ccc(O)cc1)C2=O)c1cccc([N+](=O)[O-])c1. The van der Waals surface area contributed by atoms with E-state index in [2.05, 4.69) is 0 Å². The van der Waals surface area contributed by atoms with E-state index in [0.29, 0.717) is 0 Å². The monoisotopic (exact) mass is 446 g/mol. The number of benzene rings is 3. The van der Waals surface area contributed by atoms with Crippen molar-refractivity contribution in [2.45, 2.75) is 0 Å². The largest absolute Gasteiger partial charge is 0.508 e. The Morgan fingerprint density at radius 2 is 1.61 bits per heavy atom. The zero-order chi connectivity index (χ0) is 23.7. The van der Waals surface area contributed by atoms with E-state index in [1.807, 2.05) is 0 Å². The number of nitrogens with zero attached hydrogens (tertiary/aromatic N) is 2. The lowest BCUT2D eigenvalue weighted by atomic mass is 10.1. The van der Waals surface area contributed by atoms with E-state index in [-0.39, 0.29) is 39.4 Å². The van der Waals surface area contributed by atoms with Crippen LogP contribution in [0.3, 0.4) is 0 Å². The normalized spacial score (nSPS) is 12.4. The summed E-state index contributed by atoms with van der Waals surface area (Å²) in [7, 11) is 0. The number of amides is 2. The Morgan fingerprint density at radius 1 is 0.909 bits per heavy atom. The van der Waals surface area contributed by atoms with Crippen molar-refractivity contribution in [3.8, 4) is 5.75 Å². The van der Waals surface area contributed by atoms with Crippen LogP contribution in [0.15, 0.2) is 66.7 Å². The second-order valence-electron chi connectivity index (χ2n) is 7.03. The van der Waals surface area contributed by atoms with E-state index in [1.54, 1.807) is 0 Å². The highest BCUT2D eigenvalue weighted by atomic mass is 16.6. The highest BCUT2D eigenvalue weighted by Crippen LogP contribution is 2.30. The fourth-order valence-electron chi connectivity index (χ4n) is 3.29. The van der Waals surface area contributed by atoms with Crippen LogP contribution in [0.1, 0.15) is 41.4 Å². The van der Waals surface area contributed by atoms with Gasteiger partial charge in [0.1, 0.15) is 5.75 Å². The number of hydrogen-bond acceptors (Lipinski definition) is 8. The van der Waals surface area contributed by atoms with Crippen LogP contribution in [-0.2, 0) is 4.74 Å². The molecule has 0 saturated carbocycles. The number of nitro benzene ring substituents is 1. The van der Waals surface area contributed by atoms with E-state index >= 15 is 0 Å². The molecule has 0 saturated heterocycles. The highest BCUT2D eigenvalue weighted by Gasteiger charge is 2.37. The molecule has 0 atom stereocenters. The molecule has 1 aliphatic heterocycles. The summed E-state index contributed by atoms with van der Waals surface area (Å²) in [6, 6.07) is 14.3. The van der Waals surface area contributed by atoms with E-state index in [1.165, 1.54) is 60.7 Å². The van der Waals surface area contributed by atoms with Crippen molar-refractivity contribution < 1.29 is 33.9 Å². The second-order valence-corrected chi connectivity index (χ2v) is 7.03. The summed E-state index contributed by atoms with van der Waals surface area (Å²) in [5.41, 5.74) is 0.0354. The number of esters is 1. The molecule has 0 aromatic heterocycles. The lowest BCUT2D eigenvalue weighted by molar-refractivity contribution is -0.384. The van der Waals surface area contributed by atoms with Gasteiger partial charge in [-0.05, 0) is 42.5 Å². The molecule has 10 nitrogen and oxygen atoms in total. The van der Waals surface area contributed by atoms with E-state index in [9.17, 15) is 34.4 Å². The number of ether oxygens (including phenoxy) is 1. The number of phenols is 1. The van der Waals surface area contributed by atoms with Gasteiger partial charge < -0.3 is 9.84 Å². The van der Waals surface area contributed by atoms with Gasteiger partial charge in [0.15, 0.2) is 6.61 Å². The minimum Gasteiger partial charge on any atom is -0.508 e. The minimum atomic E-state index is -0.903. The van der Waals surface area contributed by atoms with Crippen molar-refractivity contribution in [3.05, 3.63) is 99.1 Å². The molecule has 2 amide bonds. The van der Waals surface area contributed by atoms with Gasteiger partial charge in [-0.15, -0.1) is 0 Å². The van der Waals surface area contributed by atoms with E-state index < -0.39 is 35.1 Å². The summed E-state index contributed by atoms with van der Waals surface area (Å²) in [5, 5.41) is 20.2. The number of imide groups is 1. The Hall–Kier alpha value is -4.86. The molecule has 1 N–H and O–H groups in total. The van der Waals surface area contributed by atoms with Gasteiger partial charge in [-0.1, -0.05) is 12.1 Å². The van der Waals surface area contributed by atoms with Gasteiger partial charge in [-0.3, -0.25) is 24.5 Å². The third-order valence-corrected chi connectivity index (χ3v) is 4.94. The number of hydrogen-bond donors (Lipinski definition) is 1. The van der Waals surface area contributed by atoms with Crippen molar-refractivity contribution in [1.29, 1.82) is 0 Å². The van der Waals surface area contributed by atoms with Gasteiger partial charge in [0.25, 0.3) is 17.5 Å². The topological polar surface area (TPSA) is 144 Å². The number of ketones is 1. The van der Waals surface area contributed by atoms with Crippen LogP contribution >= 0.6 is 0 Å². The second kappa shape index (κ2) is 8.35. The van der Waals surface area contributed by atoms with Crippen molar-refractivity contribution in [2.75, 3.05) is 11.5 Å². The van der Waals surface area contributed by atoms with Crippen LogP contribution in [0, 0.1) is 10.1 Å². The predicted octanol–water partition coefficient (Wildman–Crippen LogP) is 3.14. The predicted molar refractivity (Wildman–Crippen MR) is 113 cm³/mol. The average Bonchev–Trinajstić information content (AvgIpc) is 3.07. The molecule has 1 heterocycles. The summed E-state index contributed by atoms with van der Waals surface area (Å²) in [6.07, 6.45) is 0. The van der Waals surface area contributed by atoms with Crippen molar-refractivity contribution in [1.82, 2.24) is 0 Å². The molecule has 4 rings (SSSR count). The number of carbonyl (C=O) groups excluding carboxylic acids is 4. The quantitative estimate of drug-likeness (QED) is 0.200. The highest BCUT2D eigenvalue weighted by molar-refractivity contribution is 6.34. The molecule has 164 valence electrons. The Morgan fingerprint density at radius 3 is 2.30 bits per heavy atom. The molecule has 1 aliphatic rings. The maximum absolute atomic E-state index is 12.8. The van der Waals surface area contributed by atoms with Crippen LogP contribution in [0.25, 0.3) is 0 Å². The number of anilines is 1. The molecule has 3 aromatic rings. The van der Waals surface area contributed by atoms with Gasteiger partial charge in [-0.2, -0.15) is 0 Å². The minimum absolute atomic E-state index is 0.00691. The van der Waals surface area contributed by atoms with Crippen molar-refractivity contribution in [3.63, 3.8) is 0 Å². The summed E-state index contributed by atoms with van der Waals surface area (Å²) >= 11 is 0. The van der Waals surface area contributed by atoms with Gasteiger partial charge in [-0.25, -0.2) is 9.69 Å². The zero-order valence-corrected chi connectivity index (χ0v) is 16.8. The third kappa shape index (κ3) is 4.04. The molecule has 0 radical (unpaired) electrons. The molecule has 0 bridgehead atoms. The van der Waals surface area contributed by atoms with Gasteiger partial charge in [0.05, 0.1) is 27.3 Å². The number of carbonyl (C=O) groups is 4. The molecule has 0 fully saturated rings. The standard InChI is InChI=1S/C23H14N2O8/c26-17-7-5-15(6-8-17)24-21(28)18-9-4-14(11-19(18)22(24)29)23(30)33-12-20(27)13-2-1-3-16(10-13)25(31)32/h1-11,26H,12H2. The number of rotatable bonds is 6. The Bertz CT molecular complexity index is 1330. The van der Waals surface area contributed by atoms with Gasteiger partial charge in [0, 0.05) is 17.7 Å². The molecule has 0 aliphatic carbocycles. The van der Waals surface area contributed by atoms with Crippen LogP contribution in [0.2, 0.25) is 0 Å². The first-order valence-corrected chi connectivity index (χ1v) is 9.53. The van der Waals surface area contributed by atoms with Gasteiger partial charge in [0.2, 0.25) is 5.78 Å².